The lowest BCUT2D eigenvalue weighted by Crippen LogP contribution is -2.43. The molecule has 2 aromatic carbocycles. The van der Waals surface area contributed by atoms with E-state index in [4.69, 9.17) is 17.3 Å². The number of aryl methyl sites for hydroxylation is 1. The zero-order valence-corrected chi connectivity index (χ0v) is 21.8. The molecule has 1 saturated heterocycles. The molecule has 37 heavy (non-hydrogen) atoms. The van der Waals surface area contributed by atoms with Gasteiger partial charge in [-0.2, -0.15) is 13.2 Å². The molecule has 10 heteroatoms. The van der Waals surface area contributed by atoms with E-state index in [2.05, 4.69) is 33.3 Å². The van der Waals surface area contributed by atoms with E-state index in [1.807, 2.05) is 41.3 Å². The molecule has 2 heterocycles. The Labute approximate surface area is 224 Å². The van der Waals surface area contributed by atoms with Gasteiger partial charge in [0.1, 0.15) is 11.0 Å². The number of aromatic nitrogens is 1. The molecular formula is C27H29ClF3N5S. The maximum Gasteiger partial charge on any atom is 0.416 e. The van der Waals surface area contributed by atoms with Gasteiger partial charge in [-0.15, -0.1) is 0 Å². The minimum Gasteiger partial charge on any atom is -0.356 e. The van der Waals surface area contributed by atoms with Crippen molar-refractivity contribution >= 4 is 40.8 Å². The number of halogens is 4. The van der Waals surface area contributed by atoms with Crippen LogP contribution in [0.25, 0.3) is 5.70 Å². The molecule has 0 atom stereocenters. The van der Waals surface area contributed by atoms with E-state index in [-0.39, 0.29) is 11.0 Å². The van der Waals surface area contributed by atoms with Crippen LogP contribution in [0.1, 0.15) is 23.1 Å². The van der Waals surface area contributed by atoms with Crippen LogP contribution in [0.2, 0.25) is 5.15 Å². The highest BCUT2D eigenvalue weighted by molar-refractivity contribution is 7.97. The number of nitrogens with zero attached hydrogens (tertiary/aromatic N) is 3. The van der Waals surface area contributed by atoms with Crippen molar-refractivity contribution in [1.82, 2.24) is 9.29 Å². The molecule has 1 fully saturated rings. The normalized spacial score (nSPS) is 14.6. The third-order valence-corrected chi connectivity index (χ3v) is 7.30. The molecule has 1 aliphatic heterocycles. The van der Waals surface area contributed by atoms with E-state index in [0.29, 0.717) is 32.7 Å². The average Bonchev–Trinajstić information content (AvgIpc) is 2.88. The Balaban J connectivity index is 1.30. The maximum absolute atomic E-state index is 13.1. The summed E-state index contributed by atoms with van der Waals surface area (Å²) in [6, 6.07) is 18.3. The van der Waals surface area contributed by atoms with Crippen molar-refractivity contribution in [3.05, 3.63) is 89.1 Å². The monoisotopic (exact) mass is 547 g/mol. The van der Waals surface area contributed by atoms with Crippen LogP contribution in [-0.4, -0.2) is 42.0 Å². The molecule has 4 rings (SSSR count). The minimum atomic E-state index is -4.46. The highest BCUT2D eigenvalue weighted by Gasteiger charge is 2.32. The van der Waals surface area contributed by atoms with Crippen LogP contribution in [0, 0.1) is 0 Å². The lowest BCUT2D eigenvalue weighted by molar-refractivity contribution is -0.137. The molecule has 3 aromatic rings. The van der Waals surface area contributed by atoms with Crippen molar-refractivity contribution in [2.24, 2.45) is 5.73 Å². The van der Waals surface area contributed by atoms with Gasteiger partial charge in [0, 0.05) is 42.5 Å². The zero-order valence-electron chi connectivity index (χ0n) is 20.3. The highest BCUT2D eigenvalue weighted by atomic mass is 35.5. The van der Waals surface area contributed by atoms with Gasteiger partial charge >= 0.3 is 6.18 Å². The van der Waals surface area contributed by atoms with Crippen molar-refractivity contribution in [3.63, 3.8) is 0 Å². The Hall–Kier alpha value is -2.72. The Morgan fingerprint density at radius 2 is 1.78 bits per heavy atom. The summed E-state index contributed by atoms with van der Waals surface area (Å²) >= 11 is 7.47. The molecule has 5 nitrogen and oxygen atoms in total. The number of hydrogen-bond donors (Lipinski definition) is 2. The molecule has 0 spiro atoms. The van der Waals surface area contributed by atoms with Crippen molar-refractivity contribution in [2.45, 2.75) is 23.9 Å². The summed E-state index contributed by atoms with van der Waals surface area (Å²) in [7, 11) is 0. The summed E-state index contributed by atoms with van der Waals surface area (Å²) in [5.41, 5.74) is 8.90. The summed E-state index contributed by atoms with van der Waals surface area (Å²) in [4.78, 5) is 7.01. The molecule has 0 radical (unpaired) electrons. The first-order chi connectivity index (χ1) is 17.7. The third-order valence-electron chi connectivity index (χ3n) is 6.00. The molecular weight excluding hydrogens is 519 g/mol. The number of piperazine rings is 1. The standard InChI is InChI=1S/C27H29ClF3N5S/c1-19(21-6-2-4-20(16-21)5-3-11-32)33-23-7-9-24(10-8-23)37-36-14-12-35(13-15-36)26-18-22(27(29,30)31)17-25(28)34-26/h2,4,6-10,16-18,33H,1,3,5,11-15,32H2. The summed E-state index contributed by atoms with van der Waals surface area (Å²) < 4.78 is 41.6. The number of anilines is 2. The fourth-order valence-electron chi connectivity index (χ4n) is 4.03. The Bertz CT molecular complexity index is 1210. The lowest BCUT2D eigenvalue weighted by Gasteiger charge is -2.34. The van der Waals surface area contributed by atoms with Crippen LogP contribution < -0.4 is 16.0 Å². The van der Waals surface area contributed by atoms with Gasteiger partial charge in [-0.25, -0.2) is 9.29 Å². The van der Waals surface area contributed by atoms with Crippen molar-refractivity contribution in [2.75, 3.05) is 42.9 Å². The minimum absolute atomic E-state index is 0.155. The van der Waals surface area contributed by atoms with E-state index in [9.17, 15) is 13.2 Å². The zero-order chi connectivity index (χ0) is 26.4. The third kappa shape index (κ3) is 7.64. The Kier molecular flexibility index (Phi) is 9.02. The number of pyridine rings is 1. The van der Waals surface area contributed by atoms with Gasteiger partial charge in [0.25, 0.3) is 0 Å². The van der Waals surface area contributed by atoms with Crippen LogP contribution in [0.3, 0.4) is 0 Å². The molecule has 1 aliphatic rings. The van der Waals surface area contributed by atoms with E-state index in [0.717, 1.165) is 46.8 Å². The van der Waals surface area contributed by atoms with Gasteiger partial charge in [-0.3, -0.25) is 0 Å². The van der Waals surface area contributed by atoms with Gasteiger partial charge in [0.05, 0.1) is 5.56 Å². The molecule has 0 bridgehead atoms. The van der Waals surface area contributed by atoms with Gasteiger partial charge in [-0.05, 0) is 84.9 Å². The number of hydrogen-bond acceptors (Lipinski definition) is 6. The number of nitrogens with two attached hydrogens (primary N) is 1. The fourth-order valence-corrected chi connectivity index (χ4v) is 5.14. The fraction of sp³-hybridized carbons (Fsp3) is 0.296. The Morgan fingerprint density at radius 3 is 2.46 bits per heavy atom. The largest absolute Gasteiger partial charge is 0.416 e. The van der Waals surface area contributed by atoms with Gasteiger partial charge in [0.15, 0.2) is 0 Å². The van der Waals surface area contributed by atoms with Crippen LogP contribution in [-0.2, 0) is 12.6 Å². The molecule has 196 valence electrons. The van der Waals surface area contributed by atoms with E-state index < -0.39 is 11.7 Å². The molecule has 1 aromatic heterocycles. The van der Waals surface area contributed by atoms with Crippen LogP contribution >= 0.6 is 23.5 Å². The molecule has 0 unspecified atom stereocenters. The Morgan fingerprint density at radius 1 is 1.05 bits per heavy atom. The highest BCUT2D eigenvalue weighted by Crippen LogP contribution is 2.34. The predicted octanol–water partition coefficient (Wildman–Crippen LogP) is 6.56. The van der Waals surface area contributed by atoms with Crippen LogP contribution in [0.4, 0.5) is 24.7 Å². The smallest absolute Gasteiger partial charge is 0.356 e. The van der Waals surface area contributed by atoms with Gasteiger partial charge < -0.3 is 16.0 Å². The van der Waals surface area contributed by atoms with E-state index >= 15 is 0 Å². The number of nitrogens with one attached hydrogen (secondary N) is 1. The molecule has 0 aliphatic carbocycles. The average molecular weight is 548 g/mol. The van der Waals surface area contributed by atoms with Crippen LogP contribution in [0.5, 0.6) is 0 Å². The first-order valence-electron chi connectivity index (χ1n) is 12.0. The quantitative estimate of drug-likeness (QED) is 0.234. The number of alkyl halides is 3. The topological polar surface area (TPSA) is 57.4 Å². The number of rotatable bonds is 9. The van der Waals surface area contributed by atoms with Crippen molar-refractivity contribution in [3.8, 4) is 0 Å². The van der Waals surface area contributed by atoms with Crippen molar-refractivity contribution in [1.29, 1.82) is 0 Å². The summed E-state index contributed by atoms with van der Waals surface area (Å²) in [6.07, 6.45) is -2.56. The first-order valence-corrected chi connectivity index (χ1v) is 13.1. The van der Waals surface area contributed by atoms with Gasteiger partial charge in [-0.1, -0.05) is 36.4 Å². The second kappa shape index (κ2) is 12.2. The SMILES string of the molecule is C=C(Nc1ccc(SN2CCN(c3cc(C(F)(F)F)cc(Cl)n3)CC2)cc1)c1cccc(CCCN)c1. The van der Waals surface area contributed by atoms with E-state index in [1.165, 1.54) is 5.56 Å². The summed E-state index contributed by atoms with van der Waals surface area (Å²) in [6.45, 7) is 7.33. The predicted molar refractivity (Wildman–Crippen MR) is 147 cm³/mol. The van der Waals surface area contributed by atoms with Gasteiger partial charge in [0.2, 0.25) is 0 Å². The molecule has 3 N–H and O–H groups in total. The molecule has 0 saturated carbocycles. The summed E-state index contributed by atoms with van der Waals surface area (Å²) in [5, 5.41) is 3.21. The first kappa shape index (κ1) is 27.3. The lowest BCUT2D eigenvalue weighted by atomic mass is 10.0. The van der Waals surface area contributed by atoms with E-state index in [1.54, 1.807) is 11.9 Å². The maximum atomic E-state index is 13.1. The molecule has 0 amide bonds. The number of benzene rings is 2. The van der Waals surface area contributed by atoms with Crippen molar-refractivity contribution < 1.29 is 13.2 Å². The second-order valence-electron chi connectivity index (χ2n) is 8.76. The van der Waals surface area contributed by atoms with Crippen LogP contribution in [0.15, 0.2) is 72.1 Å². The summed E-state index contributed by atoms with van der Waals surface area (Å²) in [5.74, 6) is 0.255. The second-order valence-corrected chi connectivity index (χ2v) is 10.3.